The molecule has 1 aliphatic carbocycles. The van der Waals surface area contributed by atoms with Crippen molar-refractivity contribution in [1.82, 2.24) is 0 Å². The predicted molar refractivity (Wildman–Crippen MR) is 65.5 cm³/mol. The largest absolute Gasteiger partial charge is 0.135 e. The van der Waals surface area contributed by atoms with E-state index in [9.17, 15) is 0 Å². The molecule has 0 radical (unpaired) electrons. The van der Waals surface area contributed by atoms with Crippen LogP contribution in [0.2, 0.25) is 0 Å². The van der Waals surface area contributed by atoms with E-state index in [0.29, 0.717) is 5.25 Å². The third kappa shape index (κ3) is 1.14. The maximum absolute atomic E-state index is 3.62. The molecule has 1 heterocycles. The Balaban J connectivity index is 2.09. The molecular formula is C12H9BrS. The number of thioether (sulfide) groups is 1. The number of rotatable bonds is 1. The van der Waals surface area contributed by atoms with E-state index in [0.717, 1.165) is 0 Å². The van der Waals surface area contributed by atoms with Gasteiger partial charge in [-0.25, -0.2) is 0 Å². The fourth-order valence-corrected chi connectivity index (χ4v) is 3.95. The van der Waals surface area contributed by atoms with Gasteiger partial charge in [-0.3, -0.25) is 0 Å². The molecule has 2 unspecified atom stereocenters. The minimum Gasteiger partial charge on any atom is -0.135 e. The van der Waals surface area contributed by atoms with Gasteiger partial charge < -0.3 is 0 Å². The first-order valence-corrected chi connectivity index (χ1v) is 6.29. The van der Waals surface area contributed by atoms with Gasteiger partial charge in [-0.2, -0.15) is 0 Å². The van der Waals surface area contributed by atoms with Crippen molar-refractivity contribution in [2.24, 2.45) is 0 Å². The molecule has 0 N–H and O–H groups in total. The van der Waals surface area contributed by atoms with Crippen LogP contribution in [-0.4, -0.2) is 5.25 Å². The molecule has 0 bridgehead atoms. The van der Waals surface area contributed by atoms with Crippen LogP contribution in [0.5, 0.6) is 0 Å². The lowest BCUT2D eigenvalue weighted by atomic mass is 9.93. The van der Waals surface area contributed by atoms with Crippen molar-refractivity contribution in [2.45, 2.75) is 10.00 Å². The summed E-state index contributed by atoms with van der Waals surface area (Å²) in [6.07, 6.45) is 8.88. The molecule has 1 aliphatic heterocycles. The second kappa shape index (κ2) is 3.01. The van der Waals surface area contributed by atoms with E-state index in [4.69, 9.17) is 0 Å². The van der Waals surface area contributed by atoms with Crippen molar-refractivity contribution in [1.29, 1.82) is 0 Å². The SMILES string of the molecule is Brc1ccccc1C12C=CC=CC1S2. The molecule has 0 aromatic heterocycles. The lowest BCUT2D eigenvalue weighted by Crippen LogP contribution is -2.10. The first-order chi connectivity index (χ1) is 6.83. The maximum Gasteiger partial charge on any atom is 0.0762 e. The number of fused-ring (bicyclic) bond motifs is 1. The lowest BCUT2D eigenvalue weighted by molar-refractivity contribution is 0.898. The first kappa shape index (κ1) is 8.81. The minimum atomic E-state index is 0.231. The van der Waals surface area contributed by atoms with Gasteiger partial charge in [-0.15, -0.1) is 11.8 Å². The Bertz CT molecular complexity index is 436. The zero-order chi connectivity index (χ0) is 9.60. The van der Waals surface area contributed by atoms with Gasteiger partial charge in [0.25, 0.3) is 0 Å². The highest BCUT2D eigenvalue weighted by atomic mass is 79.9. The second-order valence-corrected chi connectivity index (χ2v) is 5.83. The molecule has 2 heteroatoms. The number of benzene rings is 1. The Morgan fingerprint density at radius 1 is 1.21 bits per heavy atom. The van der Waals surface area contributed by atoms with Gasteiger partial charge in [0.05, 0.1) is 4.75 Å². The van der Waals surface area contributed by atoms with Crippen molar-refractivity contribution >= 4 is 27.7 Å². The summed E-state index contributed by atoms with van der Waals surface area (Å²) in [5.74, 6) is 0. The van der Waals surface area contributed by atoms with Gasteiger partial charge >= 0.3 is 0 Å². The summed E-state index contributed by atoms with van der Waals surface area (Å²) >= 11 is 5.63. The highest BCUT2D eigenvalue weighted by Crippen LogP contribution is 2.65. The lowest BCUT2D eigenvalue weighted by Gasteiger charge is -2.13. The van der Waals surface area contributed by atoms with Crippen LogP contribution in [0.1, 0.15) is 5.56 Å². The third-order valence-corrected chi connectivity index (χ3v) is 4.94. The van der Waals surface area contributed by atoms with E-state index >= 15 is 0 Å². The van der Waals surface area contributed by atoms with Crippen LogP contribution in [0.3, 0.4) is 0 Å². The zero-order valence-corrected chi connectivity index (χ0v) is 9.88. The monoisotopic (exact) mass is 264 g/mol. The summed E-state index contributed by atoms with van der Waals surface area (Å²) < 4.78 is 1.45. The first-order valence-electron chi connectivity index (χ1n) is 4.62. The van der Waals surface area contributed by atoms with Crippen LogP contribution in [0.25, 0.3) is 0 Å². The molecule has 3 rings (SSSR count). The van der Waals surface area contributed by atoms with E-state index in [1.807, 2.05) is 11.8 Å². The zero-order valence-electron chi connectivity index (χ0n) is 7.48. The number of halogens is 1. The van der Waals surface area contributed by atoms with Gasteiger partial charge in [-0.05, 0) is 11.6 Å². The minimum absolute atomic E-state index is 0.231. The summed E-state index contributed by atoms with van der Waals surface area (Å²) in [5.41, 5.74) is 1.40. The fourth-order valence-electron chi connectivity index (χ4n) is 1.94. The Morgan fingerprint density at radius 2 is 2.07 bits per heavy atom. The molecule has 1 fully saturated rings. The van der Waals surface area contributed by atoms with E-state index in [-0.39, 0.29) is 4.75 Å². The maximum atomic E-state index is 3.62. The Hall–Kier alpha value is -0.470. The molecule has 70 valence electrons. The molecule has 0 amide bonds. The van der Waals surface area contributed by atoms with E-state index in [1.54, 1.807) is 0 Å². The van der Waals surface area contributed by atoms with E-state index < -0.39 is 0 Å². The van der Waals surface area contributed by atoms with Crippen LogP contribution in [0.15, 0.2) is 53.0 Å². The highest BCUT2D eigenvalue weighted by Gasteiger charge is 2.54. The standard InChI is InChI=1S/C12H9BrS/c13-10-6-2-1-5-9(10)12-8-4-3-7-11(12)14-12/h1-8,11H. The van der Waals surface area contributed by atoms with Gasteiger partial charge in [0, 0.05) is 9.72 Å². The Kier molecular flexibility index (Phi) is 1.89. The molecule has 2 atom stereocenters. The van der Waals surface area contributed by atoms with Crippen molar-refractivity contribution in [3.63, 3.8) is 0 Å². The number of allylic oxidation sites excluding steroid dienone is 2. The van der Waals surface area contributed by atoms with E-state index in [2.05, 4.69) is 64.5 Å². The number of hydrogen-bond donors (Lipinski definition) is 0. The van der Waals surface area contributed by atoms with E-state index in [1.165, 1.54) is 10.0 Å². The molecule has 0 nitrogen and oxygen atoms in total. The topological polar surface area (TPSA) is 0 Å². The van der Waals surface area contributed by atoms with Crippen LogP contribution in [0.4, 0.5) is 0 Å². The van der Waals surface area contributed by atoms with Crippen molar-refractivity contribution < 1.29 is 0 Å². The van der Waals surface area contributed by atoms with Crippen molar-refractivity contribution in [3.8, 4) is 0 Å². The molecule has 0 saturated carbocycles. The smallest absolute Gasteiger partial charge is 0.0762 e. The molecule has 1 aromatic carbocycles. The van der Waals surface area contributed by atoms with Crippen LogP contribution in [-0.2, 0) is 4.75 Å². The van der Waals surface area contributed by atoms with Crippen LogP contribution < -0.4 is 0 Å². The van der Waals surface area contributed by atoms with Crippen LogP contribution >= 0.6 is 27.7 Å². The molecule has 0 spiro atoms. The average Bonchev–Trinajstić information content (AvgIpc) is 2.93. The molecular weight excluding hydrogens is 256 g/mol. The Morgan fingerprint density at radius 3 is 2.86 bits per heavy atom. The van der Waals surface area contributed by atoms with Gasteiger partial charge in [0.15, 0.2) is 0 Å². The fraction of sp³-hybridized carbons (Fsp3) is 0.167. The summed E-state index contributed by atoms with van der Waals surface area (Å²) in [7, 11) is 0. The summed E-state index contributed by atoms with van der Waals surface area (Å²) in [4.78, 5) is 0. The number of hydrogen-bond acceptors (Lipinski definition) is 1. The van der Waals surface area contributed by atoms with Crippen molar-refractivity contribution in [2.75, 3.05) is 0 Å². The molecule has 1 saturated heterocycles. The quantitative estimate of drug-likeness (QED) is 0.694. The van der Waals surface area contributed by atoms with Crippen LogP contribution in [0, 0.1) is 0 Å². The summed E-state index contributed by atoms with van der Waals surface area (Å²) in [5, 5.41) is 0.645. The molecule has 2 aliphatic rings. The molecule has 1 aromatic rings. The third-order valence-electron chi connectivity index (χ3n) is 2.72. The van der Waals surface area contributed by atoms with Gasteiger partial charge in [0.2, 0.25) is 0 Å². The second-order valence-electron chi connectivity index (χ2n) is 3.56. The predicted octanol–water partition coefficient (Wildman–Crippen LogP) is 3.89. The summed E-state index contributed by atoms with van der Waals surface area (Å²) in [6.45, 7) is 0. The normalized spacial score (nSPS) is 32.8. The van der Waals surface area contributed by atoms with Gasteiger partial charge in [-0.1, -0.05) is 58.4 Å². The summed E-state index contributed by atoms with van der Waals surface area (Å²) in [6, 6.07) is 8.50. The highest BCUT2D eigenvalue weighted by molar-refractivity contribution is 9.10. The van der Waals surface area contributed by atoms with Gasteiger partial charge in [0.1, 0.15) is 0 Å². The Labute approximate surface area is 96.2 Å². The average molecular weight is 265 g/mol. The molecule has 14 heavy (non-hydrogen) atoms. The van der Waals surface area contributed by atoms with Crippen molar-refractivity contribution in [3.05, 3.63) is 58.6 Å².